The van der Waals surface area contributed by atoms with Crippen LogP contribution in [0.2, 0.25) is 0 Å². The molecule has 1 aromatic carbocycles. The van der Waals surface area contributed by atoms with Crippen LogP contribution < -0.4 is 11.1 Å². The smallest absolute Gasteiger partial charge is 0.308 e. The van der Waals surface area contributed by atoms with Crippen molar-refractivity contribution in [3.8, 4) is 0 Å². The first-order chi connectivity index (χ1) is 9.61. The summed E-state index contributed by atoms with van der Waals surface area (Å²) in [5, 5.41) is 12.3. The topological polar surface area (TPSA) is 92.4 Å². The Morgan fingerprint density at radius 1 is 1.38 bits per heavy atom. The maximum Gasteiger partial charge on any atom is 0.308 e. The zero-order chi connectivity index (χ0) is 16.2. The van der Waals surface area contributed by atoms with Gasteiger partial charge in [0, 0.05) is 16.7 Å². The average molecular weight is 357 g/mol. The molecule has 0 aliphatic carbocycles. The van der Waals surface area contributed by atoms with Crippen LogP contribution in [-0.4, -0.2) is 23.5 Å². The Kier molecular flexibility index (Phi) is 5.78. The van der Waals surface area contributed by atoms with Gasteiger partial charge in [0.15, 0.2) is 0 Å². The zero-order valence-electron chi connectivity index (χ0n) is 12.4. The summed E-state index contributed by atoms with van der Waals surface area (Å²) in [6.07, 6.45) is 0.537. The van der Waals surface area contributed by atoms with Crippen LogP contribution in [0, 0.1) is 11.3 Å². The Morgan fingerprint density at radius 2 is 2.00 bits per heavy atom. The molecule has 0 fully saturated rings. The summed E-state index contributed by atoms with van der Waals surface area (Å²) in [5.41, 5.74) is 6.14. The number of hydrogen-bond acceptors (Lipinski definition) is 3. The molecule has 116 valence electrons. The van der Waals surface area contributed by atoms with Gasteiger partial charge in [0.2, 0.25) is 0 Å². The molecule has 1 atom stereocenters. The first-order valence-corrected chi connectivity index (χ1v) is 7.46. The number of carbonyl (C=O) groups is 2. The monoisotopic (exact) mass is 356 g/mol. The van der Waals surface area contributed by atoms with E-state index >= 15 is 0 Å². The van der Waals surface area contributed by atoms with Gasteiger partial charge in [-0.25, -0.2) is 0 Å². The van der Waals surface area contributed by atoms with Crippen molar-refractivity contribution in [2.45, 2.75) is 27.2 Å². The maximum absolute atomic E-state index is 11.5. The van der Waals surface area contributed by atoms with Crippen LogP contribution in [0.3, 0.4) is 0 Å². The van der Waals surface area contributed by atoms with Crippen LogP contribution in [0.5, 0.6) is 0 Å². The fraction of sp³-hybridized carbons (Fsp3) is 0.467. The molecule has 1 amide bonds. The van der Waals surface area contributed by atoms with E-state index in [1.54, 1.807) is 18.2 Å². The lowest BCUT2D eigenvalue weighted by molar-refractivity contribution is -0.142. The minimum atomic E-state index is -0.854. The van der Waals surface area contributed by atoms with Crippen LogP contribution in [0.1, 0.15) is 37.6 Å². The average Bonchev–Trinajstić information content (AvgIpc) is 2.32. The van der Waals surface area contributed by atoms with E-state index in [0.29, 0.717) is 22.1 Å². The third-order valence-corrected chi connectivity index (χ3v) is 3.67. The number of nitrogens with one attached hydrogen (secondary N) is 1. The van der Waals surface area contributed by atoms with E-state index in [1.807, 2.05) is 20.8 Å². The molecule has 6 heteroatoms. The molecule has 0 saturated carbocycles. The Bertz CT molecular complexity index is 538. The second-order valence-corrected chi connectivity index (χ2v) is 7.06. The zero-order valence-corrected chi connectivity index (χ0v) is 14.0. The largest absolute Gasteiger partial charge is 0.481 e. The van der Waals surface area contributed by atoms with E-state index in [9.17, 15) is 14.7 Å². The van der Waals surface area contributed by atoms with Crippen molar-refractivity contribution >= 4 is 33.5 Å². The lowest BCUT2D eigenvalue weighted by Gasteiger charge is -2.24. The number of carboxylic acid groups (broad SMARTS) is 1. The van der Waals surface area contributed by atoms with Crippen molar-refractivity contribution in [3.05, 3.63) is 28.2 Å². The van der Waals surface area contributed by atoms with Gasteiger partial charge in [0.05, 0.1) is 11.5 Å². The highest BCUT2D eigenvalue weighted by Crippen LogP contribution is 2.27. The summed E-state index contributed by atoms with van der Waals surface area (Å²) in [6, 6.07) is 5.19. The van der Waals surface area contributed by atoms with Crippen LogP contribution in [-0.2, 0) is 4.79 Å². The number of carboxylic acids is 1. The minimum Gasteiger partial charge on any atom is -0.481 e. The van der Waals surface area contributed by atoms with E-state index in [4.69, 9.17) is 5.73 Å². The quantitative estimate of drug-likeness (QED) is 0.729. The van der Waals surface area contributed by atoms with E-state index in [-0.39, 0.29) is 12.0 Å². The number of carbonyl (C=O) groups excluding carboxylic acids is 1. The summed E-state index contributed by atoms with van der Waals surface area (Å²) < 4.78 is 0.586. The Hall–Kier alpha value is -1.56. The van der Waals surface area contributed by atoms with Crippen molar-refractivity contribution in [3.63, 3.8) is 0 Å². The standard InChI is InChI=1S/C15H21BrN2O3/c1-15(2,3)7-9(14(20)21)8-18-11-6-4-5-10(16)12(11)13(17)19/h4-6,9,18H,7-8H2,1-3H3,(H2,17,19)(H,20,21). The molecule has 1 rings (SSSR count). The predicted octanol–water partition coefficient (Wildman–Crippen LogP) is 3.10. The van der Waals surface area contributed by atoms with E-state index in [2.05, 4.69) is 21.2 Å². The molecule has 0 spiro atoms. The van der Waals surface area contributed by atoms with E-state index in [0.717, 1.165) is 0 Å². The van der Waals surface area contributed by atoms with Crippen molar-refractivity contribution in [1.82, 2.24) is 0 Å². The second kappa shape index (κ2) is 6.93. The summed E-state index contributed by atoms with van der Waals surface area (Å²) in [5.74, 6) is -1.95. The van der Waals surface area contributed by atoms with E-state index < -0.39 is 17.8 Å². The lowest BCUT2D eigenvalue weighted by Crippen LogP contribution is -2.28. The highest BCUT2D eigenvalue weighted by Gasteiger charge is 2.25. The molecule has 0 aromatic heterocycles. The van der Waals surface area contributed by atoms with Crippen molar-refractivity contribution in [2.24, 2.45) is 17.1 Å². The number of hydrogen-bond donors (Lipinski definition) is 3. The van der Waals surface area contributed by atoms with Gasteiger partial charge < -0.3 is 16.2 Å². The number of nitrogens with two attached hydrogens (primary N) is 1. The molecule has 0 radical (unpaired) electrons. The molecule has 4 N–H and O–H groups in total. The fourth-order valence-electron chi connectivity index (χ4n) is 2.14. The van der Waals surface area contributed by atoms with Gasteiger partial charge in [-0.1, -0.05) is 26.8 Å². The van der Waals surface area contributed by atoms with Gasteiger partial charge >= 0.3 is 5.97 Å². The molecule has 1 unspecified atom stereocenters. The van der Waals surface area contributed by atoms with Gasteiger partial charge in [-0.15, -0.1) is 0 Å². The second-order valence-electron chi connectivity index (χ2n) is 6.21. The fourth-order valence-corrected chi connectivity index (χ4v) is 2.70. The SMILES string of the molecule is CC(C)(C)CC(CNc1cccc(Br)c1C(N)=O)C(=O)O. The Labute approximate surface area is 133 Å². The third-order valence-electron chi connectivity index (χ3n) is 3.01. The number of anilines is 1. The Morgan fingerprint density at radius 3 is 2.48 bits per heavy atom. The van der Waals surface area contributed by atoms with Crippen LogP contribution in [0.4, 0.5) is 5.69 Å². The van der Waals surface area contributed by atoms with Crippen LogP contribution in [0.25, 0.3) is 0 Å². The number of rotatable bonds is 6. The molecular weight excluding hydrogens is 336 g/mol. The van der Waals surface area contributed by atoms with Crippen molar-refractivity contribution < 1.29 is 14.7 Å². The molecule has 0 bridgehead atoms. The first kappa shape index (κ1) is 17.5. The minimum absolute atomic E-state index is 0.0888. The Balaban J connectivity index is 2.89. The highest BCUT2D eigenvalue weighted by atomic mass is 79.9. The molecule has 0 aliphatic rings. The van der Waals surface area contributed by atoms with Gasteiger partial charge in [-0.2, -0.15) is 0 Å². The van der Waals surface area contributed by atoms with Crippen molar-refractivity contribution in [1.29, 1.82) is 0 Å². The third kappa shape index (κ3) is 5.38. The maximum atomic E-state index is 11.5. The number of amides is 1. The highest BCUT2D eigenvalue weighted by molar-refractivity contribution is 9.10. The van der Waals surface area contributed by atoms with Gasteiger partial charge in [0.1, 0.15) is 0 Å². The molecule has 21 heavy (non-hydrogen) atoms. The number of halogens is 1. The van der Waals surface area contributed by atoms with Crippen LogP contribution in [0.15, 0.2) is 22.7 Å². The summed E-state index contributed by atoms with van der Waals surface area (Å²) in [7, 11) is 0. The predicted molar refractivity (Wildman–Crippen MR) is 86.3 cm³/mol. The summed E-state index contributed by atoms with van der Waals surface area (Å²) in [4.78, 5) is 22.8. The molecule has 0 heterocycles. The van der Waals surface area contributed by atoms with Crippen LogP contribution >= 0.6 is 15.9 Å². The van der Waals surface area contributed by atoms with Gasteiger partial charge in [0.25, 0.3) is 5.91 Å². The number of primary amides is 1. The summed E-state index contributed by atoms with van der Waals surface area (Å²) in [6.45, 7) is 6.23. The molecule has 0 saturated heterocycles. The molecule has 1 aromatic rings. The summed E-state index contributed by atoms with van der Waals surface area (Å²) >= 11 is 3.28. The van der Waals surface area contributed by atoms with Gasteiger partial charge in [-0.3, -0.25) is 9.59 Å². The lowest BCUT2D eigenvalue weighted by atomic mass is 9.84. The van der Waals surface area contributed by atoms with E-state index in [1.165, 1.54) is 0 Å². The number of benzene rings is 1. The number of aliphatic carboxylic acids is 1. The first-order valence-electron chi connectivity index (χ1n) is 6.67. The van der Waals surface area contributed by atoms with Crippen molar-refractivity contribution in [2.75, 3.05) is 11.9 Å². The van der Waals surface area contributed by atoms with Gasteiger partial charge in [-0.05, 0) is 39.9 Å². The molecule has 5 nitrogen and oxygen atoms in total. The normalized spacial score (nSPS) is 12.8. The molecular formula is C15H21BrN2O3. The molecule has 0 aliphatic heterocycles.